The van der Waals surface area contributed by atoms with Crippen LogP contribution in [-0.2, 0) is 10.0 Å². The highest BCUT2D eigenvalue weighted by Gasteiger charge is 2.25. The van der Waals surface area contributed by atoms with Crippen molar-refractivity contribution in [2.24, 2.45) is 4.40 Å². The molecule has 2 aromatic carbocycles. The smallest absolute Gasteiger partial charge is 0.285 e. The van der Waals surface area contributed by atoms with Crippen molar-refractivity contribution in [3.05, 3.63) is 68.9 Å². The molecule has 0 saturated heterocycles. The summed E-state index contributed by atoms with van der Waals surface area (Å²) in [5, 5.41) is 3.06. The highest BCUT2D eigenvalue weighted by Crippen LogP contribution is 2.38. The Labute approximate surface area is 199 Å². The Morgan fingerprint density at radius 1 is 1.06 bits per heavy atom. The van der Waals surface area contributed by atoms with Crippen molar-refractivity contribution in [1.82, 2.24) is 4.57 Å². The van der Waals surface area contributed by atoms with Crippen molar-refractivity contribution in [3.8, 4) is 11.3 Å². The molecule has 2 aromatic heterocycles. The average molecular weight is 531 g/mol. The number of fused-ring (bicyclic) bond motifs is 1. The van der Waals surface area contributed by atoms with E-state index in [4.69, 9.17) is 4.42 Å². The van der Waals surface area contributed by atoms with Crippen LogP contribution >= 0.6 is 27.3 Å². The summed E-state index contributed by atoms with van der Waals surface area (Å²) in [4.78, 5) is 0.704. The summed E-state index contributed by atoms with van der Waals surface area (Å²) in [5.41, 5.74) is 2.83. The zero-order chi connectivity index (χ0) is 22.3. The molecular weight excluding hydrogens is 508 g/mol. The minimum atomic E-state index is -3.83. The second kappa shape index (κ2) is 8.65. The summed E-state index contributed by atoms with van der Waals surface area (Å²) < 4.78 is 39.5. The third-order valence-electron chi connectivity index (χ3n) is 6.02. The Morgan fingerprint density at radius 2 is 1.78 bits per heavy atom. The zero-order valence-corrected chi connectivity index (χ0v) is 20.8. The molecule has 0 N–H and O–H groups in total. The maximum atomic E-state index is 13.1. The number of aryl methyl sites for hydroxylation is 1. The number of furan rings is 1. The van der Waals surface area contributed by atoms with Crippen molar-refractivity contribution in [3.63, 3.8) is 0 Å². The summed E-state index contributed by atoms with van der Waals surface area (Å²) in [6, 6.07) is 14.8. The molecule has 0 amide bonds. The van der Waals surface area contributed by atoms with Crippen molar-refractivity contribution in [2.75, 3.05) is 0 Å². The Morgan fingerprint density at radius 3 is 2.53 bits per heavy atom. The molecule has 0 unspecified atom stereocenters. The fourth-order valence-electron chi connectivity index (χ4n) is 4.51. The third kappa shape index (κ3) is 4.00. The maximum Gasteiger partial charge on any atom is 0.285 e. The van der Waals surface area contributed by atoms with E-state index in [2.05, 4.69) is 31.0 Å². The molecule has 5 rings (SSSR count). The van der Waals surface area contributed by atoms with Gasteiger partial charge < -0.3 is 8.98 Å². The van der Waals surface area contributed by atoms with Crippen LogP contribution in [0, 0.1) is 6.92 Å². The zero-order valence-electron chi connectivity index (χ0n) is 17.6. The molecule has 166 valence electrons. The highest BCUT2D eigenvalue weighted by molar-refractivity contribution is 9.10. The first-order chi connectivity index (χ1) is 15.4. The molecule has 1 saturated carbocycles. The number of halogens is 1. The van der Waals surface area contributed by atoms with E-state index in [0.29, 0.717) is 4.80 Å². The van der Waals surface area contributed by atoms with Crippen LogP contribution < -0.4 is 4.80 Å². The molecule has 4 aromatic rings. The van der Waals surface area contributed by atoms with Crippen LogP contribution in [0.3, 0.4) is 0 Å². The number of thiazole rings is 1. The van der Waals surface area contributed by atoms with Gasteiger partial charge in [-0.2, -0.15) is 8.42 Å². The van der Waals surface area contributed by atoms with E-state index in [1.807, 2.05) is 30.5 Å². The quantitative estimate of drug-likeness (QED) is 0.290. The van der Waals surface area contributed by atoms with Crippen molar-refractivity contribution >= 4 is 48.3 Å². The van der Waals surface area contributed by atoms with Gasteiger partial charge in [0.05, 0.1) is 10.6 Å². The Hall–Kier alpha value is -2.16. The number of nitrogens with zero attached hydrogens (tertiary/aromatic N) is 2. The lowest BCUT2D eigenvalue weighted by molar-refractivity contribution is 0.351. The predicted octanol–water partition coefficient (Wildman–Crippen LogP) is 6.83. The number of para-hydroxylation sites is 1. The molecule has 5 nitrogen and oxygen atoms in total. The van der Waals surface area contributed by atoms with Gasteiger partial charge in [-0.05, 0) is 50.1 Å². The summed E-state index contributed by atoms with van der Waals surface area (Å²) in [7, 11) is -3.83. The minimum Gasteiger partial charge on any atom is -0.461 e. The molecule has 0 radical (unpaired) electrons. The first kappa shape index (κ1) is 21.7. The molecular formula is C24H23BrN2O3S2. The number of aromatic nitrogens is 1. The van der Waals surface area contributed by atoms with E-state index in [0.717, 1.165) is 58.1 Å². The normalized spacial score (nSPS) is 16.1. The number of hydrogen-bond donors (Lipinski definition) is 0. The first-order valence-corrected chi connectivity index (χ1v) is 13.8. The van der Waals surface area contributed by atoms with Crippen molar-refractivity contribution in [2.45, 2.75) is 50.0 Å². The van der Waals surface area contributed by atoms with Crippen LogP contribution in [0.1, 0.15) is 43.9 Å². The van der Waals surface area contributed by atoms with Crippen LogP contribution in [0.2, 0.25) is 0 Å². The Balaban J connectivity index is 1.72. The number of hydrogen-bond acceptors (Lipinski definition) is 4. The highest BCUT2D eigenvalue weighted by atomic mass is 79.9. The first-order valence-electron chi connectivity index (χ1n) is 10.7. The van der Waals surface area contributed by atoms with E-state index in [-0.39, 0.29) is 10.9 Å². The standard InChI is InChI=1S/C24H23BrN2O3S2/c1-16-23(20-9-5-6-10-22(20)30-16)21-15-31-24(27(21)18-7-3-2-4-8-18)26-32(28,29)19-13-11-17(25)12-14-19/h5-6,9-15,18H,2-4,7-8H2,1H3/b26-24+. The van der Waals surface area contributed by atoms with Crippen molar-refractivity contribution in [1.29, 1.82) is 0 Å². The lowest BCUT2D eigenvalue weighted by Gasteiger charge is -2.25. The van der Waals surface area contributed by atoms with Gasteiger partial charge in [-0.3, -0.25) is 0 Å². The number of benzene rings is 2. The molecule has 32 heavy (non-hydrogen) atoms. The minimum absolute atomic E-state index is 0.191. The van der Waals surface area contributed by atoms with E-state index in [1.54, 1.807) is 24.3 Å². The van der Waals surface area contributed by atoms with Gasteiger partial charge in [0.1, 0.15) is 11.3 Å². The fourth-order valence-corrected chi connectivity index (χ4v) is 6.93. The Kier molecular flexibility index (Phi) is 5.86. The molecule has 8 heteroatoms. The largest absolute Gasteiger partial charge is 0.461 e. The number of sulfonamides is 1. The molecule has 0 bridgehead atoms. The summed E-state index contributed by atoms with van der Waals surface area (Å²) >= 11 is 4.73. The van der Waals surface area contributed by atoms with Crippen LogP contribution in [0.5, 0.6) is 0 Å². The molecule has 1 aliphatic carbocycles. The van der Waals surface area contributed by atoms with E-state index in [9.17, 15) is 8.42 Å². The van der Waals surface area contributed by atoms with E-state index >= 15 is 0 Å². The molecule has 0 spiro atoms. The summed E-state index contributed by atoms with van der Waals surface area (Å²) in [6.45, 7) is 1.97. The second-order valence-corrected chi connectivity index (χ2v) is 11.5. The SMILES string of the molecule is Cc1oc2ccccc2c1-c1cs/c(=N/S(=O)(=O)c2ccc(Br)cc2)n1C1CCCCC1. The van der Waals surface area contributed by atoms with Gasteiger partial charge in [0.15, 0.2) is 0 Å². The number of rotatable bonds is 4. The summed E-state index contributed by atoms with van der Waals surface area (Å²) in [5.74, 6) is 0.830. The average Bonchev–Trinajstić information content (AvgIpc) is 3.33. The molecule has 0 aliphatic heterocycles. The van der Waals surface area contributed by atoms with Gasteiger partial charge in [0, 0.05) is 26.8 Å². The van der Waals surface area contributed by atoms with Gasteiger partial charge in [0.2, 0.25) is 4.80 Å². The molecule has 1 aliphatic rings. The van der Waals surface area contributed by atoms with Gasteiger partial charge >= 0.3 is 0 Å². The van der Waals surface area contributed by atoms with Crippen LogP contribution in [0.15, 0.2) is 72.1 Å². The monoisotopic (exact) mass is 530 g/mol. The lowest BCUT2D eigenvalue weighted by atomic mass is 9.94. The van der Waals surface area contributed by atoms with Gasteiger partial charge in [-0.15, -0.1) is 15.7 Å². The molecule has 1 fully saturated rings. The predicted molar refractivity (Wildman–Crippen MR) is 131 cm³/mol. The fraction of sp³-hybridized carbons (Fsp3) is 0.292. The van der Waals surface area contributed by atoms with Gasteiger partial charge in [0.25, 0.3) is 10.0 Å². The molecule has 2 heterocycles. The topological polar surface area (TPSA) is 64.6 Å². The van der Waals surface area contributed by atoms with E-state index < -0.39 is 10.0 Å². The maximum absolute atomic E-state index is 13.1. The summed E-state index contributed by atoms with van der Waals surface area (Å²) in [6.07, 6.45) is 5.52. The van der Waals surface area contributed by atoms with Gasteiger partial charge in [-0.1, -0.05) is 53.4 Å². The van der Waals surface area contributed by atoms with Crippen LogP contribution in [-0.4, -0.2) is 13.0 Å². The third-order valence-corrected chi connectivity index (χ3v) is 8.78. The van der Waals surface area contributed by atoms with Gasteiger partial charge in [-0.25, -0.2) is 0 Å². The second-order valence-electron chi connectivity index (χ2n) is 8.12. The molecule has 0 atom stereocenters. The van der Waals surface area contributed by atoms with Crippen LogP contribution in [0.25, 0.3) is 22.2 Å². The lowest BCUT2D eigenvalue weighted by Crippen LogP contribution is -2.25. The van der Waals surface area contributed by atoms with Crippen LogP contribution in [0.4, 0.5) is 0 Å². The van der Waals surface area contributed by atoms with E-state index in [1.165, 1.54) is 17.8 Å². The van der Waals surface area contributed by atoms with Crippen molar-refractivity contribution < 1.29 is 12.8 Å². The Bertz CT molecular complexity index is 1440.